The maximum Gasteiger partial charge on any atom is 0.296 e. The van der Waals surface area contributed by atoms with E-state index in [9.17, 15) is 35.5 Å². The van der Waals surface area contributed by atoms with Crippen LogP contribution in [0.3, 0.4) is 0 Å². The normalized spacial score (nSPS) is 12.5. The van der Waals surface area contributed by atoms with Crippen LogP contribution >= 0.6 is 0 Å². The number of hydrogen-bond acceptors (Lipinski definition) is 12. The molecule has 0 bridgehead atoms. The number of nitrogens with one attached hydrogen (secondary N) is 4. The molecule has 2 amide bonds. The summed E-state index contributed by atoms with van der Waals surface area (Å²) < 4.78 is 83.0. The van der Waals surface area contributed by atoms with E-state index in [4.69, 9.17) is 9.47 Å². The first kappa shape index (κ1) is 34.1. The van der Waals surface area contributed by atoms with Gasteiger partial charge in [-0.3, -0.25) is 18.7 Å². The molecule has 0 radical (unpaired) electrons. The van der Waals surface area contributed by atoms with E-state index in [1.54, 1.807) is 60.7 Å². The first-order valence-electron chi connectivity index (χ1n) is 15.2. The van der Waals surface area contributed by atoms with Crippen molar-refractivity contribution in [3.8, 4) is 23.0 Å². The molecule has 2 aliphatic heterocycles. The Hall–Kier alpha value is -6.34. The zero-order valence-electron chi connectivity index (χ0n) is 27.0. The third-order valence-electron chi connectivity index (χ3n) is 7.63. The fraction of sp³-hybridized carbons (Fsp3) is 0.0588. The smallest absolute Gasteiger partial charge is 0.296 e. The summed E-state index contributed by atoms with van der Waals surface area (Å²) in [5, 5.41) is 10.9. The van der Waals surface area contributed by atoms with Crippen molar-refractivity contribution in [3.05, 3.63) is 95.6 Å². The molecule has 6 N–H and O–H groups in total. The third-order valence-corrected chi connectivity index (χ3v) is 9.42. The molecule has 5 aromatic rings. The zero-order valence-corrected chi connectivity index (χ0v) is 28.6. The van der Waals surface area contributed by atoms with Crippen LogP contribution in [0.5, 0.6) is 23.0 Å². The minimum absolute atomic E-state index is 0.0129. The Morgan fingerprint density at radius 1 is 0.596 bits per heavy atom. The second-order valence-electron chi connectivity index (χ2n) is 11.5. The van der Waals surface area contributed by atoms with E-state index in [0.29, 0.717) is 11.4 Å². The van der Waals surface area contributed by atoms with Crippen LogP contribution in [0.2, 0.25) is 0 Å². The maximum atomic E-state index is 12.6. The van der Waals surface area contributed by atoms with Gasteiger partial charge in [0, 0.05) is 37.4 Å². The van der Waals surface area contributed by atoms with Gasteiger partial charge in [-0.1, -0.05) is 36.4 Å². The van der Waals surface area contributed by atoms with Crippen LogP contribution < -0.4 is 41.5 Å². The molecule has 0 aliphatic carbocycles. The highest BCUT2D eigenvalue weighted by Gasteiger charge is 2.32. The molecule has 264 valence electrons. The van der Waals surface area contributed by atoms with Gasteiger partial charge in [-0.25, -0.2) is 9.98 Å². The number of carbonyl (C=O) groups excluding carboxylic acids is 2. The highest BCUT2D eigenvalue weighted by atomic mass is 32.2. The second-order valence-corrected chi connectivity index (χ2v) is 14.2. The Morgan fingerprint density at radius 3 is 1.29 bits per heavy atom. The molecule has 52 heavy (non-hydrogen) atoms. The first-order chi connectivity index (χ1) is 24.7. The minimum atomic E-state index is -4.82. The second kappa shape index (κ2) is 12.8. The van der Waals surface area contributed by atoms with Crippen LogP contribution in [0.15, 0.2) is 105 Å². The number of anilines is 6. The molecule has 0 unspecified atom stereocenters. The summed E-state index contributed by atoms with van der Waals surface area (Å²) in [6.45, 7) is 2.43. The van der Waals surface area contributed by atoms with Crippen molar-refractivity contribution in [1.82, 2.24) is 0 Å². The molecule has 0 saturated carbocycles. The number of amides is 2. The lowest BCUT2D eigenvalue weighted by molar-refractivity contribution is -0.115. The predicted octanol–water partition coefficient (Wildman–Crippen LogP) is 5.70. The van der Waals surface area contributed by atoms with E-state index in [-0.39, 0.29) is 67.8 Å². The van der Waals surface area contributed by atoms with Gasteiger partial charge in [0.25, 0.3) is 20.2 Å². The molecule has 2 heterocycles. The van der Waals surface area contributed by atoms with E-state index < -0.39 is 41.8 Å². The van der Waals surface area contributed by atoms with Crippen LogP contribution in [-0.2, 0) is 29.8 Å². The molecule has 5 aromatic carbocycles. The van der Waals surface area contributed by atoms with Crippen molar-refractivity contribution in [1.29, 1.82) is 0 Å². The fourth-order valence-corrected chi connectivity index (χ4v) is 6.85. The molecule has 18 heteroatoms. The average molecular weight is 743 g/mol. The minimum Gasteiger partial charge on any atom is -0.450 e. The highest BCUT2D eigenvalue weighted by molar-refractivity contribution is 7.86. The Morgan fingerprint density at radius 2 is 0.962 bits per heavy atom. The summed E-state index contributed by atoms with van der Waals surface area (Å²) in [6, 6.07) is 21.8. The molecular formula is C34H26N6O10S2. The van der Waals surface area contributed by atoms with Crippen LogP contribution in [0, 0.1) is 0 Å². The molecule has 16 nitrogen and oxygen atoms in total. The van der Waals surface area contributed by atoms with Crippen molar-refractivity contribution in [2.24, 2.45) is 9.98 Å². The molecular weight excluding hydrogens is 717 g/mol. The summed E-state index contributed by atoms with van der Waals surface area (Å²) in [5.74, 6) is -1.46. The number of para-hydroxylation sites is 2. The summed E-state index contributed by atoms with van der Waals surface area (Å²) in [7, 11) is -9.63. The number of hydrogen-bond donors (Lipinski definition) is 6. The lowest BCUT2D eigenvalue weighted by Gasteiger charge is -2.25. The number of fused-ring (bicyclic) bond motifs is 4. The standard InChI is InChI=1S/C34H26N6O10S2/c1-17(41)35-29-31-34(50-26-14-24(38-20-11-7-4-8-12-20)27(51(43,44)45)15-21(26)39-31)30(36-18(2)42)32-33(29)49-25-13-23(37-19-9-5-3-6-10-19)28(52(46,47)48)16-22(25)40-32/h3-16,37-38H,1-2H3,(H,35,41)(H,36,42)(H,43,44,45)(H,46,47,48). The number of ether oxygens (including phenoxy) is 2. The van der Waals surface area contributed by atoms with E-state index in [0.717, 1.165) is 12.1 Å². The van der Waals surface area contributed by atoms with Crippen molar-refractivity contribution in [2.75, 3.05) is 21.3 Å². The molecule has 0 fully saturated rings. The van der Waals surface area contributed by atoms with Crippen LogP contribution in [0.25, 0.3) is 0 Å². The van der Waals surface area contributed by atoms with Crippen LogP contribution in [0.4, 0.5) is 45.5 Å². The van der Waals surface area contributed by atoms with Crippen molar-refractivity contribution in [3.63, 3.8) is 0 Å². The van der Waals surface area contributed by atoms with E-state index in [1.165, 1.54) is 26.0 Å². The van der Waals surface area contributed by atoms with E-state index >= 15 is 0 Å². The lowest BCUT2D eigenvalue weighted by atomic mass is 10.1. The van der Waals surface area contributed by atoms with Gasteiger partial charge >= 0.3 is 0 Å². The Balaban J connectivity index is 1.48. The van der Waals surface area contributed by atoms with Gasteiger partial charge in [0.1, 0.15) is 43.3 Å². The van der Waals surface area contributed by atoms with Crippen LogP contribution in [0.1, 0.15) is 13.8 Å². The van der Waals surface area contributed by atoms with Gasteiger partial charge in [-0.15, -0.1) is 0 Å². The van der Waals surface area contributed by atoms with E-state index in [1.807, 2.05) is 0 Å². The van der Waals surface area contributed by atoms with Gasteiger partial charge in [0.05, 0.1) is 11.4 Å². The van der Waals surface area contributed by atoms with Crippen molar-refractivity contribution in [2.45, 2.75) is 23.6 Å². The zero-order chi connectivity index (χ0) is 36.9. The van der Waals surface area contributed by atoms with E-state index in [2.05, 4.69) is 31.3 Å². The monoisotopic (exact) mass is 742 g/mol. The van der Waals surface area contributed by atoms with Crippen LogP contribution in [-0.4, -0.2) is 37.8 Å². The molecule has 0 spiro atoms. The van der Waals surface area contributed by atoms with Gasteiger partial charge < -0.3 is 30.7 Å². The number of rotatable bonds is 8. The lowest BCUT2D eigenvalue weighted by Crippen LogP contribution is -2.29. The maximum absolute atomic E-state index is 12.6. The summed E-state index contributed by atoms with van der Waals surface area (Å²) in [4.78, 5) is 33.3. The van der Waals surface area contributed by atoms with Crippen molar-refractivity contribution < 1.29 is 45.0 Å². The largest absolute Gasteiger partial charge is 0.450 e. The SMILES string of the molecule is CC(=O)Nc1c2c(c(NC(C)=O)c3c1=Nc1cc(S(=O)(=O)O)c(Nc4ccccc4)cc1O3)=Nc1cc(S(=O)(=O)O)c(Nc3ccccc3)cc1O2. The summed E-state index contributed by atoms with van der Waals surface area (Å²) >= 11 is 0. The Kier molecular flexibility index (Phi) is 8.38. The molecule has 2 aliphatic rings. The van der Waals surface area contributed by atoms with Gasteiger partial charge in [0.2, 0.25) is 11.8 Å². The summed E-state index contributed by atoms with van der Waals surface area (Å²) in [5.41, 5.74) is 0.521. The predicted molar refractivity (Wildman–Crippen MR) is 189 cm³/mol. The Bertz CT molecular complexity index is 2500. The highest BCUT2D eigenvalue weighted by Crippen LogP contribution is 2.47. The molecule has 7 rings (SSSR count). The average Bonchev–Trinajstić information content (AvgIpc) is 3.07. The molecule has 0 saturated heterocycles. The molecule has 0 aromatic heterocycles. The number of nitrogens with zero attached hydrogens (tertiary/aromatic N) is 2. The third kappa shape index (κ3) is 6.61. The van der Waals surface area contributed by atoms with Gasteiger partial charge in [0.15, 0.2) is 23.0 Å². The first-order valence-corrected chi connectivity index (χ1v) is 18.1. The number of carbonyl (C=O) groups is 2. The fourth-order valence-electron chi connectivity index (χ4n) is 5.55. The van der Waals surface area contributed by atoms with Gasteiger partial charge in [-0.05, 0) is 36.4 Å². The molecule has 0 atom stereocenters. The summed E-state index contributed by atoms with van der Waals surface area (Å²) in [6.07, 6.45) is 0. The quantitative estimate of drug-likeness (QED) is 0.0813. The van der Waals surface area contributed by atoms with Crippen molar-refractivity contribution >= 4 is 77.5 Å². The number of benzene rings is 5. The topological polar surface area (TPSA) is 234 Å². The Labute approximate surface area is 295 Å². The van der Waals surface area contributed by atoms with Gasteiger partial charge in [-0.2, -0.15) is 16.8 Å².